The van der Waals surface area contributed by atoms with Crippen molar-refractivity contribution in [2.75, 3.05) is 5.32 Å². The maximum atomic E-state index is 13.2. The number of rotatable bonds is 4. The molecule has 0 aliphatic rings. The summed E-state index contributed by atoms with van der Waals surface area (Å²) in [6.45, 7) is 3.96. The molecule has 0 fully saturated rings. The Morgan fingerprint density at radius 2 is 1.59 bits per heavy atom. The summed E-state index contributed by atoms with van der Waals surface area (Å²) < 4.78 is 3.57. The number of anilines is 2. The van der Waals surface area contributed by atoms with Crippen molar-refractivity contribution >= 4 is 22.2 Å². The van der Waals surface area contributed by atoms with Gasteiger partial charge in [-0.05, 0) is 38.1 Å². The van der Waals surface area contributed by atoms with Gasteiger partial charge in [0.25, 0.3) is 5.56 Å². The smallest absolute Gasteiger partial charge is 0.281 e. The van der Waals surface area contributed by atoms with Crippen molar-refractivity contribution < 1.29 is 0 Å². The lowest BCUT2D eigenvalue weighted by molar-refractivity contribution is 0.630. The fraction of sp³-hybridized carbons (Fsp3) is 0.143. The zero-order valence-corrected chi connectivity index (χ0v) is 16.2. The third-order valence-corrected chi connectivity index (χ3v) is 5.50. The molecule has 0 amide bonds. The highest BCUT2D eigenvalue weighted by Crippen LogP contribution is 2.32. The number of aromatic nitrogens is 3. The number of thiazole rings is 1. The monoisotopic (exact) mass is 376 g/mol. The average molecular weight is 376 g/mol. The van der Waals surface area contributed by atoms with Crippen LogP contribution in [0.2, 0.25) is 0 Å². The van der Waals surface area contributed by atoms with Crippen molar-refractivity contribution in [3.8, 4) is 16.9 Å². The molecule has 0 aliphatic heterocycles. The van der Waals surface area contributed by atoms with Crippen LogP contribution in [0, 0.1) is 13.8 Å². The zero-order chi connectivity index (χ0) is 19.0. The topological polar surface area (TPSA) is 51.9 Å². The lowest BCUT2D eigenvalue weighted by Gasteiger charge is -2.07. The molecule has 0 aliphatic carbocycles. The Bertz CT molecular complexity index is 1140. The minimum atomic E-state index is -0.0548. The fourth-order valence-electron chi connectivity index (χ4n) is 3.17. The van der Waals surface area contributed by atoms with E-state index in [1.807, 2.05) is 86.2 Å². The van der Waals surface area contributed by atoms with Crippen LogP contribution in [0.1, 0.15) is 10.6 Å². The van der Waals surface area contributed by atoms with Gasteiger partial charge in [0.2, 0.25) is 0 Å². The van der Waals surface area contributed by atoms with Crippen LogP contribution in [0.4, 0.5) is 10.8 Å². The molecular weight excluding hydrogens is 356 g/mol. The number of aryl methyl sites for hydroxylation is 1. The van der Waals surface area contributed by atoms with Crippen LogP contribution in [0.5, 0.6) is 0 Å². The van der Waals surface area contributed by atoms with Gasteiger partial charge in [0.15, 0.2) is 5.13 Å². The van der Waals surface area contributed by atoms with E-state index in [2.05, 4.69) is 5.32 Å². The summed E-state index contributed by atoms with van der Waals surface area (Å²) in [4.78, 5) is 19.0. The highest BCUT2D eigenvalue weighted by atomic mass is 32.1. The van der Waals surface area contributed by atoms with Gasteiger partial charge in [-0.25, -0.2) is 9.67 Å². The van der Waals surface area contributed by atoms with Gasteiger partial charge in [0.1, 0.15) is 0 Å². The first-order valence-corrected chi connectivity index (χ1v) is 9.52. The zero-order valence-electron chi connectivity index (χ0n) is 15.4. The van der Waals surface area contributed by atoms with E-state index in [4.69, 9.17) is 4.98 Å². The Labute approximate surface area is 161 Å². The van der Waals surface area contributed by atoms with E-state index < -0.39 is 0 Å². The number of hydrogen-bond acceptors (Lipinski definition) is 4. The van der Waals surface area contributed by atoms with Gasteiger partial charge >= 0.3 is 0 Å². The highest BCUT2D eigenvalue weighted by Gasteiger charge is 2.22. The molecule has 6 heteroatoms. The maximum Gasteiger partial charge on any atom is 0.281 e. The molecule has 2 heterocycles. The number of hydrogen-bond donors (Lipinski definition) is 1. The predicted molar refractivity (Wildman–Crippen MR) is 111 cm³/mol. The average Bonchev–Trinajstić information content (AvgIpc) is 3.13. The molecule has 2 aromatic carbocycles. The highest BCUT2D eigenvalue weighted by molar-refractivity contribution is 7.16. The molecule has 27 heavy (non-hydrogen) atoms. The van der Waals surface area contributed by atoms with Crippen molar-refractivity contribution in [3.63, 3.8) is 0 Å². The summed E-state index contributed by atoms with van der Waals surface area (Å²) in [5.41, 5.74) is 4.05. The molecule has 4 aromatic rings. The largest absolute Gasteiger partial charge is 0.332 e. The van der Waals surface area contributed by atoms with E-state index in [0.717, 1.165) is 32.8 Å². The lowest BCUT2D eigenvalue weighted by Crippen LogP contribution is -2.20. The minimum Gasteiger partial charge on any atom is -0.332 e. The number of benzene rings is 2. The molecule has 0 radical (unpaired) electrons. The minimum absolute atomic E-state index is 0.0548. The maximum absolute atomic E-state index is 13.2. The summed E-state index contributed by atoms with van der Waals surface area (Å²) in [5, 5.41) is 4.10. The third kappa shape index (κ3) is 3.08. The molecule has 4 rings (SSSR count). The van der Waals surface area contributed by atoms with Gasteiger partial charge in [0.05, 0.1) is 16.9 Å². The molecule has 5 nitrogen and oxygen atoms in total. The summed E-state index contributed by atoms with van der Waals surface area (Å²) in [6.07, 6.45) is 0. The third-order valence-electron chi connectivity index (χ3n) is 4.61. The van der Waals surface area contributed by atoms with E-state index in [0.29, 0.717) is 5.56 Å². The van der Waals surface area contributed by atoms with Crippen molar-refractivity contribution in [1.29, 1.82) is 0 Å². The number of para-hydroxylation sites is 2. The molecule has 136 valence electrons. The second-order valence-electron chi connectivity index (χ2n) is 6.35. The standard InChI is InChI=1S/C21H20N4OS/c1-14-18(20(26)25(24(14)3)17-12-8-5-9-13-17)19-15(2)27-21(23-19)22-16-10-6-4-7-11-16/h4-13H,1-3H3,(H,22,23). The quantitative estimate of drug-likeness (QED) is 0.564. The van der Waals surface area contributed by atoms with Gasteiger partial charge in [-0.1, -0.05) is 36.4 Å². The Balaban J connectivity index is 1.80. The van der Waals surface area contributed by atoms with Gasteiger partial charge < -0.3 is 5.32 Å². The van der Waals surface area contributed by atoms with Gasteiger partial charge in [-0.2, -0.15) is 0 Å². The molecule has 0 saturated carbocycles. The Morgan fingerprint density at radius 3 is 2.26 bits per heavy atom. The molecule has 0 unspecified atom stereocenters. The summed E-state index contributed by atoms with van der Waals surface area (Å²) in [5.74, 6) is 0. The predicted octanol–water partition coefficient (Wildman–Crippen LogP) is 4.66. The van der Waals surface area contributed by atoms with E-state index in [9.17, 15) is 4.79 Å². The number of nitrogens with one attached hydrogen (secondary N) is 1. The van der Waals surface area contributed by atoms with Crippen LogP contribution in [-0.4, -0.2) is 14.3 Å². The van der Waals surface area contributed by atoms with E-state index in [-0.39, 0.29) is 5.56 Å². The normalized spacial score (nSPS) is 10.9. The fourth-order valence-corrected chi connectivity index (χ4v) is 4.01. The van der Waals surface area contributed by atoms with E-state index in [1.165, 1.54) is 0 Å². The van der Waals surface area contributed by atoms with Crippen molar-refractivity contribution in [3.05, 3.63) is 81.6 Å². The van der Waals surface area contributed by atoms with Gasteiger partial charge in [-0.15, -0.1) is 11.3 Å². The summed E-state index contributed by atoms with van der Waals surface area (Å²) in [7, 11) is 1.90. The van der Waals surface area contributed by atoms with E-state index in [1.54, 1.807) is 16.0 Å². The Morgan fingerprint density at radius 1 is 0.963 bits per heavy atom. The second kappa shape index (κ2) is 6.89. The Kier molecular flexibility index (Phi) is 4.41. The number of nitrogens with zero attached hydrogens (tertiary/aromatic N) is 3. The molecule has 0 atom stereocenters. The van der Waals surface area contributed by atoms with Gasteiger partial charge in [0, 0.05) is 23.3 Å². The van der Waals surface area contributed by atoms with Crippen LogP contribution in [0.25, 0.3) is 16.9 Å². The van der Waals surface area contributed by atoms with Crippen molar-refractivity contribution in [1.82, 2.24) is 14.3 Å². The van der Waals surface area contributed by atoms with Crippen LogP contribution >= 0.6 is 11.3 Å². The van der Waals surface area contributed by atoms with Crippen LogP contribution in [0.3, 0.4) is 0 Å². The second-order valence-corrected chi connectivity index (χ2v) is 7.55. The van der Waals surface area contributed by atoms with Crippen molar-refractivity contribution in [2.24, 2.45) is 7.05 Å². The molecule has 2 aromatic heterocycles. The summed E-state index contributed by atoms with van der Waals surface area (Å²) in [6, 6.07) is 19.6. The van der Waals surface area contributed by atoms with Crippen molar-refractivity contribution in [2.45, 2.75) is 13.8 Å². The molecular formula is C21H20N4OS. The first kappa shape index (κ1) is 17.3. The molecule has 1 N–H and O–H groups in total. The molecule has 0 bridgehead atoms. The van der Waals surface area contributed by atoms with Gasteiger partial charge in [-0.3, -0.25) is 9.48 Å². The first-order valence-electron chi connectivity index (χ1n) is 8.70. The first-order chi connectivity index (χ1) is 13.1. The van der Waals surface area contributed by atoms with Crippen LogP contribution in [0.15, 0.2) is 65.5 Å². The van der Waals surface area contributed by atoms with Crippen LogP contribution < -0.4 is 10.9 Å². The van der Waals surface area contributed by atoms with E-state index >= 15 is 0 Å². The Hall–Kier alpha value is -3.12. The molecule has 0 spiro atoms. The lowest BCUT2D eigenvalue weighted by atomic mass is 10.2. The SMILES string of the molecule is Cc1sc(Nc2ccccc2)nc1-c1c(C)n(C)n(-c2ccccc2)c1=O. The summed E-state index contributed by atoms with van der Waals surface area (Å²) >= 11 is 1.55. The molecule has 0 saturated heterocycles. The van der Waals surface area contributed by atoms with Crippen LogP contribution in [-0.2, 0) is 7.05 Å².